The van der Waals surface area contributed by atoms with Crippen LogP contribution in [0.25, 0.3) is 0 Å². The maximum absolute atomic E-state index is 11.7. The number of carbonyl (C=O) groups excluding carboxylic acids is 2. The van der Waals surface area contributed by atoms with E-state index in [2.05, 4.69) is 10.3 Å². The van der Waals surface area contributed by atoms with Gasteiger partial charge < -0.3 is 16.0 Å². The summed E-state index contributed by atoms with van der Waals surface area (Å²) in [6.07, 6.45) is 1.43. The Hall–Kier alpha value is -2.02. The summed E-state index contributed by atoms with van der Waals surface area (Å²) in [5.74, 6) is -0.567. The molecule has 0 spiro atoms. The maximum atomic E-state index is 11.7. The van der Waals surface area contributed by atoms with Gasteiger partial charge in [-0.15, -0.1) is 0 Å². The molecule has 0 saturated heterocycles. The van der Waals surface area contributed by atoms with Crippen LogP contribution in [0.2, 0.25) is 0 Å². The van der Waals surface area contributed by atoms with E-state index in [9.17, 15) is 9.59 Å². The molecule has 102 valence electrons. The van der Waals surface area contributed by atoms with Gasteiger partial charge in [-0.3, -0.25) is 14.6 Å². The van der Waals surface area contributed by atoms with Crippen LogP contribution in [0.4, 0.5) is 0 Å². The first-order valence-electron chi connectivity index (χ1n) is 5.73. The highest BCUT2D eigenvalue weighted by Crippen LogP contribution is 2.00. The Morgan fingerprint density at radius 2 is 2.16 bits per heavy atom. The number of hydrogen-bond acceptors (Lipinski definition) is 4. The van der Waals surface area contributed by atoms with Crippen molar-refractivity contribution in [2.24, 2.45) is 5.73 Å². The van der Waals surface area contributed by atoms with Crippen molar-refractivity contribution in [1.82, 2.24) is 15.2 Å². The SMILES string of the molecule is CCN(C)C(=O)CNC(=O)c1ccc(C(N)=S)cn1. The van der Waals surface area contributed by atoms with Crippen LogP contribution >= 0.6 is 12.2 Å². The number of amides is 2. The molecule has 0 aliphatic heterocycles. The fourth-order valence-corrected chi connectivity index (χ4v) is 1.35. The van der Waals surface area contributed by atoms with Gasteiger partial charge in [0.25, 0.3) is 5.91 Å². The van der Waals surface area contributed by atoms with Gasteiger partial charge in [-0.2, -0.15) is 0 Å². The predicted molar refractivity (Wildman–Crippen MR) is 75.8 cm³/mol. The van der Waals surface area contributed by atoms with Crippen molar-refractivity contribution in [3.05, 3.63) is 29.6 Å². The molecule has 0 radical (unpaired) electrons. The summed E-state index contributed by atoms with van der Waals surface area (Å²) in [6.45, 7) is 2.40. The Bertz CT molecular complexity index is 487. The second-order valence-corrected chi connectivity index (χ2v) is 4.33. The Morgan fingerprint density at radius 1 is 1.47 bits per heavy atom. The number of nitrogens with zero attached hydrogens (tertiary/aromatic N) is 2. The molecule has 0 unspecified atom stereocenters. The lowest BCUT2D eigenvalue weighted by Crippen LogP contribution is -2.38. The number of aromatic nitrogens is 1. The highest BCUT2D eigenvalue weighted by atomic mass is 32.1. The van der Waals surface area contributed by atoms with Crippen LogP contribution in [0, 0.1) is 0 Å². The van der Waals surface area contributed by atoms with Crippen molar-refractivity contribution >= 4 is 29.0 Å². The van der Waals surface area contributed by atoms with Gasteiger partial charge in [0.05, 0.1) is 6.54 Å². The summed E-state index contributed by atoms with van der Waals surface area (Å²) in [7, 11) is 1.67. The normalized spacial score (nSPS) is 9.79. The van der Waals surface area contributed by atoms with Crippen LogP contribution in [-0.2, 0) is 4.79 Å². The lowest BCUT2D eigenvalue weighted by atomic mass is 10.2. The smallest absolute Gasteiger partial charge is 0.270 e. The average Bonchev–Trinajstić information content (AvgIpc) is 2.43. The first-order valence-corrected chi connectivity index (χ1v) is 6.14. The molecule has 1 aromatic rings. The van der Waals surface area contributed by atoms with Gasteiger partial charge in [-0.05, 0) is 19.1 Å². The van der Waals surface area contributed by atoms with E-state index in [0.29, 0.717) is 12.1 Å². The van der Waals surface area contributed by atoms with E-state index in [-0.39, 0.29) is 23.1 Å². The summed E-state index contributed by atoms with van der Waals surface area (Å²) in [5.41, 5.74) is 6.23. The average molecular weight is 280 g/mol. The van der Waals surface area contributed by atoms with Crippen molar-refractivity contribution in [2.75, 3.05) is 20.1 Å². The van der Waals surface area contributed by atoms with Crippen LogP contribution in [0.5, 0.6) is 0 Å². The molecule has 7 heteroatoms. The van der Waals surface area contributed by atoms with E-state index in [1.165, 1.54) is 17.2 Å². The van der Waals surface area contributed by atoms with Gasteiger partial charge in [0.15, 0.2) is 0 Å². The molecule has 19 heavy (non-hydrogen) atoms. The molecular weight excluding hydrogens is 264 g/mol. The summed E-state index contributed by atoms with van der Waals surface area (Å²) in [5, 5.41) is 2.51. The summed E-state index contributed by atoms with van der Waals surface area (Å²) < 4.78 is 0. The number of rotatable bonds is 5. The molecule has 3 N–H and O–H groups in total. The van der Waals surface area contributed by atoms with Crippen molar-refractivity contribution in [1.29, 1.82) is 0 Å². The number of pyridine rings is 1. The van der Waals surface area contributed by atoms with Crippen LogP contribution < -0.4 is 11.1 Å². The highest BCUT2D eigenvalue weighted by molar-refractivity contribution is 7.80. The van der Waals surface area contributed by atoms with Crippen LogP contribution in [0.1, 0.15) is 23.0 Å². The molecule has 1 rings (SSSR count). The molecule has 1 aromatic heterocycles. The first kappa shape index (κ1) is 15.0. The monoisotopic (exact) mass is 280 g/mol. The van der Waals surface area contributed by atoms with Gasteiger partial charge in [0.2, 0.25) is 5.91 Å². The fraction of sp³-hybridized carbons (Fsp3) is 0.333. The molecule has 6 nitrogen and oxygen atoms in total. The van der Waals surface area contributed by atoms with Crippen molar-refractivity contribution < 1.29 is 9.59 Å². The Balaban J connectivity index is 2.59. The van der Waals surface area contributed by atoms with Gasteiger partial charge >= 0.3 is 0 Å². The van der Waals surface area contributed by atoms with E-state index in [1.807, 2.05) is 6.92 Å². The summed E-state index contributed by atoms with van der Waals surface area (Å²) in [4.78, 5) is 28.9. The van der Waals surface area contributed by atoms with Crippen LogP contribution in [0.3, 0.4) is 0 Å². The molecule has 0 fully saturated rings. The van der Waals surface area contributed by atoms with Crippen molar-refractivity contribution in [3.8, 4) is 0 Å². The zero-order chi connectivity index (χ0) is 14.4. The Labute approximate surface area is 117 Å². The lowest BCUT2D eigenvalue weighted by molar-refractivity contribution is -0.128. The minimum atomic E-state index is -0.410. The van der Waals surface area contributed by atoms with E-state index < -0.39 is 5.91 Å². The summed E-state index contributed by atoms with van der Waals surface area (Å²) in [6, 6.07) is 3.13. The first-order chi connectivity index (χ1) is 8.95. The maximum Gasteiger partial charge on any atom is 0.270 e. The third-order valence-corrected chi connectivity index (χ3v) is 2.82. The topological polar surface area (TPSA) is 88.3 Å². The number of nitrogens with one attached hydrogen (secondary N) is 1. The molecule has 0 aromatic carbocycles. The quantitative estimate of drug-likeness (QED) is 0.737. The van der Waals surface area contributed by atoms with Gasteiger partial charge in [-0.25, -0.2) is 0 Å². The largest absolute Gasteiger partial charge is 0.389 e. The molecule has 0 aliphatic carbocycles. The summed E-state index contributed by atoms with van der Waals surface area (Å²) >= 11 is 4.79. The van der Waals surface area contributed by atoms with Crippen LogP contribution in [0.15, 0.2) is 18.3 Å². The molecule has 0 aliphatic rings. The zero-order valence-corrected chi connectivity index (χ0v) is 11.7. The second-order valence-electron chi connectivity index (χ2n) is 3.89. The Morgan fingerprint density at radius 3 is 2.63 bits per heavy atom. The fourth-order valence-electron chi connectivity index (χ4n) is 1.23. The number of likely N-dealkylation sites (N-methyl/N-ethyl adjacent to an activating group) is 1. The van der Waals surface area contributed by atoms with Crippen molar-refractivity contribution in [3.63, 3.8) is 0 Å². The lowest BCUT2D eigenvalue weighted by Gasteiger charge is -2.14. The molecule has 1 heterocycles. The van der Waals surface area contributed by atoms with Crippen molar-refractivity contribution in [2.45, 2.75) is 6.92 Å². The van der Waals surface area contributed by atoms with E-state index in [0.717, 1.165) is 0 Å². The minimum Gasteiger partial charge on any atom is -0.389 e. The molecule has 0 bridgehead atoms. The molecule has 0 atom stereocenters. The number of thiocarbonyl (C=S) groups is 1. The third kappa shape index (κ3) is 4.29. The molecule has 0 saturated carbocycles. The molecule has 2 amide bonds. The third-order valence-electron chi connectivity index (χ3n) is 2.58. The Kier molecular flexibility index (Phi) is 5.37. The number of hydrogen-bond donors (Lipinski definition) is 2. The zero-order valence-electron chi connectivity index (χ0n) is 10.8. The highest BCUT2D eigenvalue weighted by Gasteiger charge is 2.11. The number of nitrogens with two attached hydrogens (primary N) is 1. The minimum absolute atomic E-state index is 0.0537. The predicted octanol–water partition coefficient (Wildman–Crippen LogP) is -0.0761. The van der Waals surface area contributed by atoms with E-state index in [1.54, 1.807) is 13.1 Å². The second kappa shape index (κ2) is 6.79. The van der Waals surface area contributed by atoms with E-state index in [4.69, 9.17) is 18.0 Å². The number of carbonyl (C=O) groups is 2. The van der Waals surface area contributed by atoms with Gasteiger partial charge in [0.1, 0.15) is 10.7 Å². The van der Waals surface area contributed by atoms with Crippen LogP contribution in [-0.4, -0.2) is 46.8 Å². The van der Waals surface area contributed by atoms with Gasteiger partial charge in [0, 0.05) is 25.4 Å². The standard InChI is InChI=1S/C12H16N4O2S/c1-3-16(2)10(17)7-15-12(18)9-5-4-8(6-14-9)11(13)19/h4-6H,3,7H2,1-2H3,(H2,13,19)(H,15,18). The van der Waals surface area contributed by atoms with E-state index >= 15 is 0 Å². The van der Waals surface area contributed by atoms with Gasteiger partial charge in [-0.1, -0.05) is 12.2 Å². The molecular formula is C12H16N4O2S.